The van der Waals surface area contributed by atoms with Gasteiger partial charge in [0.05, 0.1) is 11.0 Å². The lowest BCUT2D eigenvalue weighted by molar-refractivity contribution is 0.287. The van der Waals surface area contributed by atoms with Crippen LogP contribution in [0.2, 0.25) is 0 Å². The summed E-state index contributed by atoms with van der Waals surface area (Å²) in [5, 5.41) is 0. The topological polar surface area (TPSA) is 27.1 Å². The molecule has 0 amide bonds. The zero-order valence-electron chi connectivity index (χ0n) is 16.7. The Kier molecular flexibility index (Phi) is 5.16. The van der Waals surface area contributed by atoms with Crippen molar-refractivity contribution in [1.82, 2.24) is 9.55 Å². The molecule has 0 N–H and O–H groups in total. The first kappa shape index (κ1) is 18.3. The molecule has 3 nitrogen and oxygen atoms in total. The van der Waals surface area contributed by atoms with Crippen LogP contribution in [0.5, 0.6) is 5.75 Å². The number of benzene rings is 3. The van der Waals surface area contributed by atoms with Gasteiger partial charge in [0.25, 0.3) is 0 Å². The summed E-state index contributed by atoms with van der Waals surface area (Å²) in [6.07, 6.45) is 0. The molecule has 0 fully saturated rings. The third kappa shape index (κ3) is 3.79. The molecule has 1 aromatic heterocycles. The van der Waals surface area contributed by atoms with Crippen molar-refractivity contribution in [2.75, 3.05) is 0 Å². The minimum absolute atomic E-state index is 0.415. The zero-order valence-corrected chi connectivity index (χ0v) is 16.7. The largest absolute Gasteiger partial charge is 0.485 e. The molecule has 0 saturated carbocycles. The maximum atomic E-state index is 6.29. The van der Waals surface area contributed by atoms with Gasteiger partial charge in [-0.3, -0.25) is 0 Å². The van der Waals surface area contributed by atoms with Crippen molar-refractivity contribution in [2.45, 2.75) is 39.8 Å². The monoisotopic (exact) mass is 370 g/mol. The lowest BCUT2D eigenvalue weighted by atomic mass is 10.0. The van der Waals surface area contributed by atoms with Gasteiger partial charge in [-0.05, 0) is 47.7 Å². The smallest absolute Gasteiger partial charge is 0.148 e. The predicted octanol–water partition coefficient (Wildman–Crippen LogP) is 6.10. The van der Waals surface area contributed by atoms with Crippen LogP contribution in [0.25, 0.3) is 11.0 Å². The number of para-hydroxylation sites is 2. The second-order valence-electron chi connectivity index (χ2n) is 7.57. The molecule has 0 saturated heterocycles. The van der Waals surface area contributed by atoms with Crippen LogP contribution in [-0.4, -0.2) is 9.55 Å². The van der Waals surface area contributed by atoms with E-state index in [9.17, 15) is 0 Å². The molecular weight excluding hydrogens is 344 g/mol. The van der Waals surface area contributed by atoms with E-state index >= 15 is 0 Å². The van der Waals surface area contributed by atoms with Crippen molar-refractivity contribution in [3.8, 4) is 5.75 Å². The van der Waals surface area contributed by atoms with Gasteiger partial charge in [0.2, 0.25) is 0 Å². The Morgan fingerprint density at radius 1 is 0.929 bits per heavy atom. The summed E-state index contributed by atoms with van der Waals surface area (Å²) < 4.78 is 8.55. The molecule has 0 spiro atoms. The highest BCUT2D eigenvalue weighted by Gasteiger charge is 2.14. The number of nitrogens with zero attached hydrogens (tertiary/aromatic N) is 2. The maximum absolute atomic E-state index is 6.29. The Balaban J connectivity index is 1.68. The minimum Gasteiger partial charge on any atom is -0.485 e. The quantitative estimate of drug-likeness (QED) is 0.410. The standard InChI is InChI=1S/C25H26N2O/c1-18(2)21-14-13-19(3)15-24(21)28-17-25-26-22-11-7-8-12-23(22)27(25)16-20-9-5-4-6-10-20/h4-15,18H,16-17H2,1-3H3. The van der Waals surface area contributed by atoms with Crippen LogP contribution in [-0.2, 0) is 13.2 Å². The van der Waals surface area contributed by atoms with E-state index in [1.54, 1.807) is 0 Å². The summed E-state index contributed by atoms with van der Waals surface area (Å²) in [6, 6.07) is 25.2. The third-order valence-electron chi connectivity index (χ3n) is 5.06. The average Bonchev–Trinajstić information content (AvgIpc) is 3.04. The average molecular weight is 370 g/mol. The molecule has 0 aliphatic carbocycles. The molecule has 0 atom stereocenters. The fraction of sp³-hybridized carbons (Fsp3) is 0.240. The first-order valence-electron chi connectivity index (χ1n) is 9.83. The molecule has 28 heavy (non-hydrogen) atoms. The second-order valence-corrected chi connectivity index (χ2v) is 7.57. The van der Waals surface area contributed by atoms with E-state index in [-0.39, 0.29) is 0 Å². The van der Waals surface area contributed by atoms with E-state index in [1.807, 2.05) is 12.1 Å². The Labute approximate surface area is 166 Å². The van der Waals surface area contributed by atoms with Gasteiger partial charge in [-0.1, -0.05) is 68.4 Å². The molecule has 0 radical (unpaired) electrons. The van der Waals surface area contributed by atoms with E-state index in [0.29, 0.717) is 12.5 Å². The van der Waals surface area contributed by atoms with Crippen molar-refractivity contribution >= 4 is 11.0 Å². The van der Waals surface area contributed by atoms with Gasteiger partial charge >= 0.3 is 0 Å². The molecule has 3 aromatic carbocycles. The second kappa shape index (κ2) is 7.89. The van der Waals surface area contributed by atoms with Crippen molar-refractivity contribution < 1.29 is 4.74 Å². The maximum Gasteiger partial charge on any atom is 0.148 e. The van der Waals surface area contributed by atoms with Gasteiger partial charge < -0.3 is 9.30 Å². The normalized spacial score (nSPS) is 11.3. The molecule has 142 valence electrons. The molecule has 0 aliphatic heterocycles. The molecular formula is C25H26N2O. The number of imidazole rings is 1. The highest BCUT2D eigenvalue weighted by atomic mass is 16.5. The molecule has 3 heteroatoms. The molecule has 4 rings (SSSR count). The van der Waals surface area contributed by atoms with Gasteiger partial charge in [0.15, 0.2) is 0 Å². The summed E-state index contributed by atoms with van der Waals surface area (Å²) >= 11 is 0. The first-order chi connectivity index (χ1) is 13.6. The van der Waals surface area contributed by atoms with E-state index in [1.165, 1.54) is 16.7 Å². The number of hydrogen-bond donors (Lipinski definition) is 0. The van der Waals surface area contributed by atoms with Crippen LogP contribution >= 0.6 is 0 Å². The van der Waals surface area contributed by atoms with Crippen molar-refractivity contribution in [3.63, 3.8) is 0 Å². The molecule has 0 aliphatic rings. The summed E-state index contributed by atoms with van der Waals surface area (Å²) in [4.78, 5) is 4.86. The number of ether oxygens (including phenoxy) is 1. The number of hydrogen-bond acceptors (Lipinski definition) is 2. The van der Waals surface area contributed by atoms with E-state index in [2.05, 4.69) is 86.0 Å². The van der Waals surface area contributed by atoms with Crippen molar-refractivity contribution in [2.24, 2.45) is 0 Å². The summed E-state index contributed by atoms with van der Waals surface area (Å²) in [5.74, 6) is 2.31. The van der Waals surface area contributed by atoms with Crippen LogP contribution in [0.15, 0.2) is 72.8 Å². The molecule has 4 aromatic rings. The fourth-order valence-corrected chi connectivity index (χ4v) is 3.56. The lowest BCUT2D eigenvalue weighted by Crippen LogP contribution is -2.09. The van der Waals surface area contributed by atoms with Gasteiger partial charge in [0.1, 0.15) is 18.2 Å². The van der Waals surface area contributed by atoms with Crippen LogP contribution in [0.1, 0.15) is 42.3 Å². The van der Waals surface area contributed by atoms with Crippen molar-refractivity contribution in [1.29, 1.82) is 0 Å². The molecule has 1 heterocycles. The Morgan fingerprint density at radius 2 is 1.68 bits per heavy atom. The van der Waals surface area contributed by atoms with E-state index < -0.39 is 0 Å². The molecule has 0 unspecified atom stereocenters. The van der Waals surface area contributed by atoms with Crippen LogP contribution in [0, 0.1) is 6.92 Å². The van der Waals surface area contributed by atoms with Crippen molar-refractivity contribution in [3.05, 3.63) is 95.3 Å². The van der Waals surface area contributed by atoms with Gasteiger partial charge in [-0.15, -0.1) is 0 Å². The Hall–Kier alpha value is -3.07. The van der Waals surface area contributed by atoms with Crippen LogP contribution in [0.4, 0.5) is 0 Å². The lowest BCUT2D eigenvalue weighted by Gasteiger charge is -2.15. The Bertz CT molecular complexity index is 1080. The number of aryl methyl sites for hydroxylation is 1. The van der Waals surface area contributed by atoms with Crippen LogP contribution < -0.4 is 4.74 Å². The third-order valence-corrected chi connectivity index (χ3v) is 5.06. The van der Waals surface area contributed by atoms with Gasteiger partial charge in [-0.2, -0.15) is 0 Å². The minimum atomic E-state index is 0.415. The first-order valence-corrected chi connectivity index (χ1v) is 9.83. The Morgan fingerprint density at radius 3 is 2.46 bits per heavy atom. The SMILES string of the molecule is Cc1ccc(C(C)C)c(OCc2nc3ccccc3n2Cc2ccccc2)c1. The predicted molar refractivity (Wildman–Crippen MR) is 115 cm³/mol. The van der Waals surface area contributed by atoms with E-state index in [4.69, 9.17) is 9.72 Å². The summed E-state index contributed by atoms with van der Waals surface area (Å²) in [7, 11) is 0. The van der Waals surface area contributed by atoms with Gasteiger partial charge in [-0.25, -0.2) is 4.98 Å². The number of rotatable bonds is 6. The van der Waals surface area contributed by atoms with E-state index in [0.717, 1.165) is 29.2 Å². The highest BCUT2D eigenvalue weighted by Crippen LogP contribution is 2.28. The number of fused-ring (bicyclic) bond motifs is 1. The van der Waals surface area contributed by atoms with Crippen LogP contribution in [0.3, 0.4) is 0 Å². The summed E-state index contributed by atoms with van der Waals surface area (Å²) in [5.41, 5.74) is 5.84. The molecule has 0 bridgehead atoms. The summed E-state index contributed by atoms with van der Waals surface area (Å²) in [6.45, 7) is 7.72. The highest BCUT2D eigenvalue weighted by molar-refractivity contribution is 5.76. The zero-order chi connectivity index (χ0) is 19.5. The van der Waals surface area contributed by atoms with Gasteiger partial charge in [0, 0.05) is 6.54 Å². The number of aromatic nitrogens is 2. The fourth-order valence-electron chi connectivity index (χ4n) is 3.56.